The lowest BCUT2D eigenvalue weighted by Crippen LogP contribution is -1.91. The number of hydrogen-bond donors (Lipinski definition) is 0. The minimum absolute atomic E-state index is 0. The fourth-order valence-corrected chi connectivity index (χ4v) is 5.28. The summed E-state index contributed by atoms with van der Waals surface area (Å²) in [6.45, 7) is 25.4. The van der Waals surface area contributed by atoms with Gasteiger partial charge < -0.3 is 0 Å². The second-order valence-corrected chi connectivity index (χ2v) is 12.4. The van der Waals surface area contributed by atoms with E-state index in [0.717, 1.165) is 0 Å². The lowest BCUT2D eigenvalue weighted by molar-refractivity contribution is 0.867. The van der Waals surface area contributed by atoms with E-state index in [2.05, 4.69) is 199 Å². The molecule has 0 saturated heterocycles. The van der Waals surface area contributed by atoms with Crippen molar-refractivity contribution in [2.75, 3.05) is 0 Å². The lowest BCUT2D eigenvalue weighted by atomic mass is 9.93. The molecule has 6 rings (SSSR count). The predicted octanol–water partition coefficient (Wildman–Crippen LogP) is 17.1. The van der Waals surface area contributed by atoms with Gasteiger partial charge >= 0.3 is 0 Å². The minimum atomic E-state index is 0. The minimum Gasteiger partial charge on any atom is -0.0776 e. The third-order valence-electron chi connectivity index (χ3n) is 8.01. The monoisotopic (exact) mass is 695 g/mol. The van der Waals surface area contributed by atoms with Gasteiger partial charge in [0.2, 0.25) is 0 Å². The smallest absolute Gasteiger partial charge is 0.0149 e. The largest absolute Gasteiger partial charge is 0.0776 e. The Hall–Kier alpha value is -4.68. The van der Waals surface area contributed by atoms with E-state index in [9.17, 15) is 0 Å². The average Bonchev–Trinajstić information content (AvgIpc) is 3.22. The molecule has 0 aromatic heterocycles. The molecule has 0 radical (unpaired) electrons. The van der Waals surface area contributed by atoms with Crippen molar-refractivity contribution in [1.82, 2.24) is 0 Å². The van der Waals surface area contributed by atoms with Crippen molar-refractivity contribution < 1.29 is 0 Å². The van der Waals surface area contributed by atoms with E-state index in [1.54, 1.807) is 0 Å². The first-order valence-corrected chi connectivity index (χ1v) is 19.3. The number of benzene rings is 6. The van der Waals surface area contributed by atoms with Gasteiger partial charge in [-0.2, -0.15) is 0 Å². The van der Waals surface area contributed by atoms with Gasteiger partial charge in [0.1, 0.15) is 0 Å². The third kappa shape index (κ3) is 16.1. The standard InChI is InChI=1S/3C15H16.3C2H6.CH4/c1-12(2)14-10-6-7-11-15(14)13-8-4-3-5-9-13;1-12(2)14-9-6-10-15(11-14)13-7-4-3-5-8-13;1-12(2)13-8-10-15(11-9-13)14-6-4-3-5-7-14;3*1-2;/h3*3-12H,1-2H3;3*1-2H3;1H4. The molecule has 0 heteroatoms. The summed E-state index contributed by atoms with van der Waals surface area (Å²) in [5.74, 6) is 1.77. The van der Waals surface area contributed by atoms with Crippen LogP contribution in [0.15, 0.2) is 164 Å². The van der Waals surface area contributed by atoms with Crippen molar-refractivity contribution in [2.45, 2.75) is 108 Å². The Morgan fingerprint density at radius 2 is 0.654 bits per heavy atom. The maximum atomic E-state index is 2.28. The van der Waals surface area contributed by atoms with Gasteiger partial charge in [-0.25, -0.2) is 0 Å². The van der Waals surface area contributed by atoms with E-state index in [-0.39, 0.29) is 7.43 Å². The Labute approximate surface area is 321 Å². The molecule has 0 aliphatic heterocycles. The van der Waals surface area contributed by atoms with Crippen molar-refractivity contribution in [3.8, 4) is 33.4 Å². The zero-order chi connectivity index (χ0) is 38.0. The van der Waals surface area contributed by atoms with Crippen LogP contribution in [0.4, 0.5) is 0 Å². The van der Waals surface area contributed by atoms with Crippen molar-refractivity contribution >= 4 is 0 Å². The normalized spacial score (nSPS) is 9.52. The van der Waals surface area contributed by atoms with E-state index in [1.807, 2.05) is 47.6 Å². The van der Waals surface area contributed by atoms with Crippen LogP contribution in [-0.2, 0) is 0 Å². The highest BCUT2D eigenvalue weighted by atomic mass is 14.1. The molecule has 0 nitrogen and oxygen atoms in total. The summed E-state index contributed by atoms with van der Waals surface area (Å²) in [6.07, 6.45) is 0. The maximum Gasteiger partial charge on any atom is -0.0149 e. The summed E-state index contributed by atoms with van der Waals surface area (Å²) in [5, 5.41) is 0. The van der Waals surface area contributed by atoms with Gasteiger partial charge in [-0.1, -0.05) is 254 Å². The zero-order valence-corrected chi connectivity index (χ0v) is 33.8. The topological polar surface area (TPSA) is 0 Å². The summed E-state index contributed by atoms with van der Waals surface area (Å²) in [7, 11) is 0. The summed E-state index contributed by atoms with van der Waals surface area (Å²) < 4.78 is 0. The molecule has 0 saturated carbocycles. The van der Waals surface area contributed by atoms with Crippen LogP contribution in [0.5, 0.6) is 0 Å². The van der Waals surface area contributed by atoms with Crippen LogP contribution in [-0.4, -0.2) is 0 Å². The van der Waals surface area contributed by atoms with Crippen LogP contribution in [0.25, 0.3) is 33.4 Å². The van der Waals surface area contributed by atoms with Crippen LogP contribution >= 0.6 is 0 Å². The Balaban J connectivity index is 0.000000692. The molecule has 278 valence electrons. The molecule has 0 fully saturated rings. The number of rotatable bonds is 6. The van der Waals surface area contributed by atoms with Gasteiger partial charge in [0.15, 0.2) is 0 Å². The second kappa shape index (κ2) is 28.0. The lowest BCUT2D eigenvalue weighted by Gasteiger charge is -2.12. The van der Waals surface area contributed by atoms with Gasteiger partial charge in [-0.15, -0.1) is 0 Å². The van der Waals surface area contributed by atoms with E-state index in [0.29, 0.717) is 17.8 Å². The highest BCUT2D eigenvalue weighted by Crippen LogP contribution is 2.29. The van der Waals surface area contributed by atoms with Gasteiger partial charge in [-0.05, 0) is 67.8 Å². The quantitative estimate of drug-likeness (QED) is 0.163. The Morgan fingerprint density at radius 1 is 0.288 bits per heavy atom. The molecule has 0 N–H and O–H groups in total. The zero-order valence-electron chi connectivity index (χ0n) is 33.8. The Morgan fingerprint density at radius 3 is 1.10 bits per heavy atom. The summed E-state index contributed by atoms with van der Waals surface area (Å²) in [4.78, 5) is 0. The molecule has 0 amide bonds. The van der Waals surface area contributed by atoms with Crippen LogP contribution < -0.4 is 0 Å². The first-order valence-electron chi connectivity index (χ1n) is 19.3. The molecule has 6 aromatic carbocycles. The average molecular weight is 695 g/mol. The van der Waals surface area contributed by atoms with Crippen molar-refractivity contribution in [2.24, 2.45) is 0 Å². The Kier molecular flexibility index (Phi) is 25.5. The summed E-state index contributed by atoms with van der Waals surface area (Å²) in [6, 6.07) is 57.8. The molecule has 0 heterocycles. The van der Waals surface area contributed by atoms with Crippen molar-refractivity contribution in [3.05, 3.63) is 180 Å². The highest BCUT2D eigenvalue weighted by molar-refractivity contribution is 5.68. The van der Waals surface area contributed by atoms with E-state index in [4.69, 9.17) is 0 Å². The highest BCUT2D eigenvalue weighted by Gasteiger charge is 2.06. The molecule has 0 bridgehead atoms. The van der Waals surface area contributed by atoms with Crippen LogP contribution in [0.2, 0.25) is 0 Å². The molecule has 52 heavy (non-hydrogen) atoms. The SMILES string of the molecule is C.CC.CC.CC.CC(C)c1ccc(-c2ccccc2)cc1.CC(C)c1cccc(-c2ccccc2)c1.CC(C)c1ccccc1-c1ccccc1. The first kappa shape index (κ1) is 47.3. The third-order valence-corrected chi connectivity index (χ3v) is 8.01. The van der Waals surface area contributed by atoms with E-state index in [1.165, 1.54) is 50.1 Å². The predicted molar refractivity (Wildman–Crippen MR) is 239 cm³/mol. The summed E-state index contributed by atoms with van der Waals surface area (Å²) >= 11 is 0. The molecule has 0 atom stereocenters. The van der Waals surface area contributed by atoms with Gasteiger partial charge in [-0.3, -0.25) is 0 Å². The summed E-state index contributed by atoms with van der Waals surface area (Å²) in [5.41, 5.74) is 12.1. The van der Waals surface area contributed by atoms with E-state index >= 15 is 0 Å². The van der Waals surface area contributed by atoms with Crippen molar-refractivity contribution in [1.29, 1.82) is 0 Å². The van der Waals surface area contributed by atoms with Crippen LogP contribution in [0.3, 0.4) is 0 Å². The molecular weight excluding hydrogens is 625 g/mol. The fourth-order valence-electron chi connectivity index (χ4n) is 5.28. The maximum absolute atomic E-state index is 2.28. The molecular formula is C52H70. The van der Waals surface area contributed by atoms with Crippen LogP contribution in [0, 0.1) is 0 Å². The van der Waals surface area contributed by atoms with Crippen LogP contribution in [0.1, 0.15) is 125 Å². The fraction of sp³-hybridized carbons (Fsp3) is 0.308. The van der Waals surface area contributed by atoms with E-state index < -0.39 is 0 Å². The molecule has 0 aliphatic carbocycles. The number of hydrogen-bond acceptors (Lipinski definition) is 0. The van der Waals surface area contributed by atoms with Gasteiger partial charge in [0.25, 0.3) is 0 Å². The molecule has 6 aromatic rings. The first-order chi connectivity index (χ1) is 24.8. The van der Waals surface area contributed by atoms with Gasteiger partial charge in [0.05, 0.1) is 0 Å². The van der Waals surface area contributed by atoms with Gasteiger partial charge in [0, 0.05) is 0 Å². The van der Waals surface area contributed by atoms with Crippen molar-refractivity contribution in [3.63, 3.8) is 0 Å². The Bertz CT molecular complexity index is 1680. The molecule has 0 aliphatic rings. The second-order valence-electron chi connectivity index (χ2n) is 12.4. The molecule has 0 spiro atoms. The molecule has 0 unspecified atom stereocenters.